The Morgan fingerprint density at radius 2 is 1.82 bits per heavy atom. The molecule has 1 unspecified atom stereocenters. The van der Waals surface area contributed by atoms with Crippen LogP contribution in [0.1, 0.15) is 45.7 Å². The summed E-state index contributed by atoms with van der Waals surface area (Å²) >= 11 is 0. The third kappa shape index (κ3) is 5.44. The Bertz CT molecular complexity index is 1150. The molecule has 10 heteroatoms. The summed E-state index contributed by atoms with van der Waals surface area (Å²) < 4.78 is 59.0. The Kier molecular flexibility index (Phi) is 7.70. The van der Waals surface area contributed by atoms with E-state index in [-0.39, 0.29) is 17.1 Å². The fraction of sp³-hybridized carbons (Fsp3) is 0.292. The third-order valence-corrected chi connectivity index (χ3v) is 5.42. The van der Waals surface area contributed by atoms with Crippen molar-refractivity contribution in [1.82, 2.24) is 9.78 Å². The Hall–Kier alpha value is -3.69. The van der Waals surface area contributed by atoms with Crippen molar-refractivity contribution in [2.45, 2.75) is 32.2 Å². The number of aliphatic imine (C=N–C) groups is 1. The Balaban J connectivity index is 1.94. The smallest absolute Gasteiger partial charge is 0.416 e. The number of halogens is 4. The molecular weight excluding hydrogens is 452 g/mol. The number of nitrogens with one attached hydrogen (secondary N) is 1. The van der Waals surface area contributed by atoms with Crippen LogP contribution in [0, 0.1) is 0 Å². The van der Waals surface area contributed by atoms with Crippen LogP contribution in [0.4, 0.5) is 23.4 Å². The van der Waals surface area contributed by atoms with E-state index in [0.717, 1.165) is 17.7 Å². The van der Waals surface area contributed by atoms with Gasteiger partial charge in [-0.25, -0.2) is 9.07 Å². The fourth-order valence-electron chi connectivity index (χ4n) is 3.47. The lowest BCUT2D eigenvalue weighted by molar-refractivity contribution is -0.137. The van der Waals surface area contributed by atoms with Gasteiger partial charge in [0, 0.05) is 13.5 Å². The number of rotatable bonds is 8. The monoisotopic (exact) mass is 476 g/mol. The summed E-state index contributed by atoms with van der Waals surface area (Å²) in [5.41, 5.74) is 0.592. The lowest BCUT2D eigenvalue weighted by Gasteiger charge is -2.19. The van der Waals surface area contributed by atoms with Gasteiger partial charge in [-0.05, 0) is 42.3 Å². The molecule has 0 saturated carbocycles. The minimum absolute atomic E-state index is 0.0251. The van der Waals surface area contributed by atoms with E-state index in [9.17, 15) is 22.4 Å². The van der Waals surface area contributed by atoms with Crippen molar-refractivity contribution >= 4 is 17.9 Å². The molecule has 0 radical (unpaired) electrons. The van der Waals surface area contributed by atoms with Crippen molar-refractivity contribution in [2.75, 3.05) is 19.5 Å². The highest BCUT2D eigenvalue weighted by molar-refractivity contribution is 6.00. The highest BCUT2D eigenvalue weighted by atomic mass is 19.4. The maximum absolute atomic E-state index is 13.6. The SMILES string of the molecule is CN=C(Cc1ccc(OC)cc1)Nc1c(C=O)c(CF)nn1C(C)c1ccc(C(F)(F)F)cc1. The molecule has 6 nitrogen and oxygen atoms in total. The predicted molar refractivity (Wildman–Crippen MR) is 121 cm³/mol. The molecule has 3 aromatic rings. The van der Waals surface area contributed by atoms with Gasteiger partial charge < -0.3 is 10.1 Å². The zero-order chi connectivity index (χ0) is 24.9. The topological polar surface area (TPSA) is 68.5 Å². The van der Waals surface area contributed by atoms with Crippen LogP contribution >= 0.6 is 0 Å². The van der Waals surface area contributed by atoms with E-state index in [0.29, 0.717) is 29.9 Å². The number of anilines is 1. The van der Waals surface area contributed by atoms with Gasteiger partial charge in [0.15, 0.2) is 6.29 Å². The molecule has 0 aliphatic heterocycles. The van der Waals surface area contributed by atoms with Gasteiger partial charge in [-0.15, -0.1) is 0 Å². The van der Waals surface area contributed by atoms with Crippen molar-refractivity contribution < 1.29 is 27.1 Å². The Morgan fingerprint density at radius 3 is 2.32 bits per heavy atom. The normalized spacial score (nSPS) is 13.0. The van der Waals surface area contributed by atoms with Crippen LogP contribution in [0.5, 0.6) is 5.75 Å². The number of alkyl halides is 4. The molecule has 3 rings (SSSR count). The quantitative estimate of drug-likeness (QED) is 0.202. The number of aldehydes is 1. The molecule has 180 valence electrons. The molecule has 1 N–H and O–H groups in total. The highest BCUT2D eigenvalue weighted by Gasteiger charge is 2.30. The first-order valence-corrected chi connectivity index (χ1v) is 10.4. The maximum Gasteiger partial charge on any atom is 0.416 e. The standard InChI is InChI=1S/C24H24F4N4O2/c1-15(17-6-8-18(9-7-17)24(26,27)28)32-23(20(14-33)21(13-25)31-32)30-22(29-2)12-16-4-10-19(34-3)11-5-16/h4-11,14-15H,12-13H2,1-3H3,(H,29,30). The van der Waals surface area contributed by atoms with Crippen LogP contribution in [0.2, 0.25) is 0 Å². The molecule has 0 saturated heterocycles. The van der Waals surface area contributed by atoms with Crippen LogP contribution in [-0.2, 0) is 19.3 Å². The molecule has 34 heavy (non-hydrogen) atoms. The van der Waals surface area contributed by atoms with Crippen LogP contribution in [-0.4, -0.2) is 36.1 Å². The van der Waals surface area contributed by atoms with Gasteiger partial charge in [0.25, 0.3) is 0 Å². The number of ether oxygens (including phenoxy) is 1. The second kappa shape index (κ2) is 10.5. The van der Waals surface area contributed by atoms with E-state index >= 15 is 0 Å². The first-order valence-electron chi connectivity index (χ1n) is 10.4. The molecule has 0 amide bonds. The molecule has 2 aromatic carbocycles. The van der Waals surface area contributed by atoms with E-state index in [2.05, 4.69) is 15.4 Å². The summed E-state index contributed by atoms with van der Waals surface area (Å²) in [4.78, 5) is 16.0. The summed E-state index contributed by atoms with van der Waals surface area (Å²) in [6, 6.07) is 11.4. The zero-order valence-electron chi connectivity index (χ0n) is 18.9. The van der Waals surface area contributed by atoms with Gasteiger partial charge in [0.1, 0.15) is 29.8 Å². The second-order valence-corrected chi connectivity index (χ2v) is 7.52. The van der Waals surface area contributed by atoms with E-state index in [1.807, 2.05) is 12.1 Å². The molecule has 0 spiro atoms. The number of carbonyl (C=O) groups excluding carboxylic acids is 1. The fourth-order valence-corrected chi connectivity index (χ4v) is 3.47. The average molecular weight is 476 g/mol. The van der Waals surface area contributed by atoms with E-state index in [4.69, 9.17) is 4.74 Å². The number of hydrogen-bond donors (Lipinski definition) is 1. The number of nitrogens with zero attached hydrogens (tertiary/aromatic N) is 3. The van der Waals surface area contributed by atoms with Crippen LogP contribution < -0.4 is 10.1 Å². The van der Waals surface area contributed by atoms with Gasteiger partial charge in [-0.1, -0.05) is 24.3 Å². The van der Waals surface area contributed by atoms with Crippen LogP contribution in [0.25, 0.3) is 0 Å². The first kappa shape index (κ1) is 24.9. The van der Waals surface area contributed by atoms with E-state index in [1.54, 1.807) is 33.2 Å². The third-order valence-electron chi connectivity index (χ3n) is 5.42. The Morgan fingerprint density at radius 1 is 1.18 bits per heavy atom. The molecule has 1 heterocycles. The highest BCUT2D eigenvalue weighted by Crippen LogP contribution is 2.32. The first-order chi connectivity index (χ1) is 16.2. The summed E-state index contributed by atoms with van der Waals surface area (Å²) in [5, 5.41) is 7.29. The lowest BCUT2D eigenvalue weighted by Crippen LogP contribution is -2.21. The van der Waals surface area contributed by atoms with Crippen LogP contribution in [0.3, 0.4) is 0 Å². The molecule has 1 aromatic heterocycles. The number of carbonyl (C=O) groups is 1. The molecule has 0 aliphatic carbocycles. The summed E-state index contributed by atoms with van der Waals surface area (Å²) in [5.74, 6) is 1.40. The van der Waals surface area contributed by atoms with Crippen molar-refractivity contribution in [2.24, 2.45) is 4.99 Å². The summed E-state index contributed by atoms with van der Waals surface area (Å²) in [7, 11) is 3.14. The van der Waals surface area contributed by atoms with Gasteiger partial charge in [-0.3, -0.25) is 9.79 Å². The number of methoxy groups -OCH3 is 1. The molecule has 0 bridgehead atoms. The number of amidine groups is 1. The number of benzene rings is 2. The molecule has 0 fully saturated rings. The van der Waals surface area contributed by atoms with E-state index < -0.39 is 24.5 Å². The molecule has 1 atom stereocenters. The zero-order valence-corrected chi connectivity index (χ0v) is 18.9. The largest absolute Gasteiger partial charge is 0.497 e. The van der Waals surface area contributed by atoms with Crippen LogP contribution in [0.15, 0.2) is 53.5 Å². The lowest BCUT2D eigenvalue weighted by atomic mass is 10.1. The molecular formula is C24H24F4N4O2. The minimum atomic E-state index is -4.46. The van der Waals surface area contributed by atoms with Crippen molar-refractivity contribution in [3.63, 3.8) is 0 Å². The van der Waals surface area contributed by atoms with Crippen molar-refractivity contribution in [1.29, 1.82) is 0 Å². The van der Waals surface area contributed by atoms with E-state index in [1.165, 1.54) is 16.8 Å². The average Bonchev–Trinajstić information content (AvgIpc) is 3.20. The summed E-state index contributed by atoms with van der Waals surface area (Å²) in [6.45, 7) is 0.718. The number of hydrogen-bond acceptors (Lipinski definition) is 4. The number of aromatic nitrogens is 2. The van der Waals surface area contributed by atoms with Crippen molar-refractivity contribution in [3.05, 3.63) is 76.5 Å². The van der Waals surface area contributed by atoms with Gasteiger partial charge in [0.05, 0.1) is 24.3 Å². The van der Waals surface area contributed by atoms with Gasteiger partial charge >= 0.3 is 6.18 Å². The maximum atomic E-state index is 13.6. The minimum Gasteiger partial charge on any atom is -0.497 e. The van der Waals surface area contributed by atoms with Gasteiger partial charge in [0.2, 0.25) is 0 Å². The van der Waals surface area contributed by atoms with Crippen molar-refractivity contribution in [3.8, 4) is 5.75 Å². The second-order valence-electron chi connectivity index (χ2n) is 7.52. The Labute approximate surface area is 194 Å². The molecule has 0 aliphatic rings. The summed E-state index contributed by atoms with van der Waals surface area (Å²) in [6.07, 6.45) is -3.58. The predicted octanol–water partition coefficient (Wildman–Crippen LogP) is 5.48. The van der Waals surface area contributed by atoms with Gasteiger partial charge in [-0.2, -0.15) is 18.3 Å².